The third kappa shape index (κ3) is 5.80. The summed E-state index contributed by atoms with van der Waals surface area (Å²) >= 11 is 0. The Bertz CT molecular complexity index is 434. The van der Waals surface area contributed by atoms with Crippen LogP contribution in [0, 0.1) is 5.92 Å². The smallest absolute Gasteiger partial charge is 0.238 e. The van der Waals surface area contributed by atoms with Crippen LogP contribution in [-0.2, 0) is 4.79 Å². The van der Waals surface area contributed by atoms with Crippen molar-refractivity contribution in [3.05, 3.63) is 24.3 Å². The molecule has 0 bridgehead atoms. The van der Waals surface area contributed by atoms with E-state index in [9.17, 15) is 4.79 Å². The highest BCUT2D eigenvalue weighted by molar-refractivity contribution is 5.93. The molecule has 1 aliphatic rings. The van der Waals surface area contributed by atoms with Crippen LogP contribution in [-0.4, -0.2) is 25.1 Å². The van der Waals surface area contributed by atoms with Crippen LogP contribution in [0.15, 0.2) is 24.3 Å². The number of hydrogen-bond acceptors (Lipinski definition) is 3. The molecule has 0 radical (unpaired) electrons. The van der Waals surface area contributed by atoms with E-state index in [1.165, 1.54) is 12.8 Å². The number of benzene rings is 1. The number of para-hydroxylation sites is 2. The van der Waals surface area contributed by atoms with Crippen LogP contribution in [0.1, 0.15) is 26.7 Å². The normalized spacial score (nSPS) is 13.8. The lowest BCUT2D eigenvalue weighted by molar-refractivity contribution is -0.115. The molecule has 0 spiro atoms. The van der Waals surface area contributed by atoms with Gasteiger partial charge >= 0.3 is 0 Å². The molecule has 0 aromatic heterocycles. The molecule has 0 atom stereocenters. The fraction of sp³-hybridized carbons (Fsp3) is 0.533. The average Bonchev–Trinajstić information content (AvgIpc) is 3.15. The zero-order valence-corrected chi connectivity index (χ0v) is 12.8. The van der Waals surface area contributed by atoms with Crippen molar-refractivity contribution < 1.29 is 9.53 Å². The molecule has 4 nitrogen and oxygen atoms in total. The number of halogens is 1. The Kier molecular flexibility index (Phi) is 6.82. The Morgan fingerprint density at radius 3 is 2.70 bits per heavy atom. The van der Waals surface area contributed by atoms with Gasteiger partial charge in [0.05, 0.1) is 18.3 Å². The van der Waals surface area contributed by atoms with E-state index >= 15 is 0 Å². The van der Waals surface area contributed by atoms with Crippen molar-refractivity contribution in [3.63, 3.8) is 0 Å². The summed E-state index contributed by atoms with van der Waals surface area (Å²) in [4.78, 5) is 11.8. The van der Waals surface area contributed by atoms with Crippen molar-refractivity contribution in [2.75, 3.05) is 18.4 Å². The van der Waals surface area contributed by atoms with Crippen molar-refractivity contribution >= 4 is 24.0 Å². The molecule has 1 amide bonds. The van der Waals surface area contributed by atoms with E-state index in [1.54, 1.807) is 0 Å². The summed E-state index contributed by atoms with van der Waals surface area (Å²) in [6, 6.07) is 7.52. The molecule has 1 aromatic rings. The van der Waals surface area contributed by atoms with E-state index in [-0.39, 0.29) is 24.4 Å². The highest BCUT2D eigenvalue weighted by atomic mass is 35.5. The third-order valence-corrected chi connectivity index (χ3v) is 2.94. The van der Waals surface area contributed by atoms with E-state index in [0.717, 1.165) is 18.2 Å². The molecule has 5 heteroatoms. The Balaban J connectivity index is 0.00000200. The van der Waals surface area contributed by atoms with E-state index in [0.29, 0.717) is 12.3 Å². The lowest BCUT2D eigenvalue weighted by Gasteiger charge is -2.14. The van der Waals surface area contributed by atoms with Gasteiger partial charge in [-0.15, -0.1) is 12.4 Å². The number of amides is 1. The van der Waals surface area contributed by atoms with Crippen molar-refractivity contribution in [2.24, 2.45) is 5.92 Å². The third-order valence-electron chi connectivity index (χ3n) is 2.94. The van der Waals surface area contributed by atoms with Crippen LogP contribution in [0.25, 0.3) is 0 Å². The van der Waals surface area contributed by atoms with Crippen molar-refractivity contribution in [1.29, 1.82) is 0 Å². The SMILES string of the molecule is CC(C)Oc1ccccc1NC(=O)CNCC1CC1.Cl. The van der Waals surface area contributed by atoms with Crippen molar-refractivity contribution in [1.82, 2.24) is 5.32 Å². The molecule has 1 fully saturated rings. The second-order valence-corrected chi connectivity index (χ2v) is 5.29. The maximum absolute atomic E-state index is 11.8. The lowest BCUT2D eigenvalue weighted by atomic mass is 10.3. The zero-order valence-electron chi connectivity index (χ0n) is 12.0. The van der Waals surface area contributed by atoms with Gasteiger partial charge in [0.2, 0.25) is 5.91 Å². The van der Waals surface area contributed by atoms with Crippen LogP contribution < -0.4 is 15.4 Å². The molecule has 20 heavy (non-hydrogen) atoms. The van der Waals surface area contributed by atoms with E-state index in [2.05, 4.69) is 10.6 Å². The predicted octanol–water partition coefficient (Wildman–Crippen LogP) is 2.83. The number of hydrogen-bond donors (Lipinski definition) is 2. The average molecular weight is 299 g/mol. The Labute approximate surface area is 126 Å². The predicted molar refractivity (Wildman–Crippen MR) is 83.7 cm³/mol. The molecule has 0 aliphatic heterocycles. The topological polar surface area (TPSA) is 50.4 Å². The van der Waals surface area contributed by atoms with Gasteiger partial charge in [-0.25, -0.2) is 0 Å². The first-order valence-electron chi connectivity index (χ1n) is 6.91. The quantitative estimate of drug-likeness (QED) is 0.814. The molecule has 2 N–H and O–H groups in total. The fourth-order valence-corrected chi connectivity index (χ4v) is 1.83. The maximum atomic E-state index is 11.8. The minimum Gasteiger partial charge on any atom is -0.489 e. The monoisotopic (exact) mass is 298 g/mol. The summed E-state index contributed by atoms with van der Waals surface area (Å²) in [6.07, 6.45) is 2.67. The van der Waals surface area contributed by atoms with Gasteiger partial charge in [-0.1, -0.05) is 12.1 Å². The summed E-state index contributed by atoms with van der Waals surface area (Å²) in [5.74, 6) is 1.47. The Morgan fingerprint density at radius 1 is 1.35 bits per heavy atom. The van der Waals surface area contributed by atoms with E-state index in [1.807, 2.05) is 38.1 Å². The second kappa shape index (κ2) is 8.12. The zero-order chi connectivity index (χ0) is 13.7. The van der Waals surface area contributed by atoms with Crippen LogP contribution in [0.3, 0.4) is 0 Å². The van der Waals surface area contributed by atoms with Gasteiger partial charge in [-0.2, -0.15) is 0 Å². The summed E-state index contributed by atoms with van der Waals surface area (Å²) in [5.41, 5.74) is 0.731. The molecule has 0 saturated heterocycles. The molecule has 0 heterocycles. The van der Waals surface area contributed by atoms with Gasteiger partial charge < -0.3 is 15.4 Å². The Hall–Kier alpha value is -1.26. The summed E-state index contributed by atoms with van der Waals surface area (Å²) in [5, 5.41) is 6.06. The molecular formula is C15H23ClN2O2. The molecule has 2 rings (SSSR count). The maximum Gasteiger partial charge on any atom is 0.238 e. The number of carbonyl (C=O) groups excluding carboxylic acids is 1. The first kappa shape index (κ1) is 16.8. The van der Waals surface area contributed by atoms with Gasteiger partial charge in [-0.3, -0.25) is 4.79 Å². The summed E-state index contributed by atoms with van der Waals surface area (Å²) in [7, 11) is 0. The first-order chi connectivity index (χ1) is 9.15. The standard InChI is InChI=1S/C15H22N2O2.ClH/c1-11(2)19-14-6-4-3-5-13(14)17-15(18)10-16-9-12-7-8-12;/h3-6,11-12,16H,7-10H2,1-2H3,(H,17,18);1H. The number of rotatable bonds is 7. The van der Waals surface area contributed by atoms with Crippen molar-refractivity contribution in [3.8, 4) is 5.75 Å². The van der Waals surface area contributed by atoms with E-state index in [4.69, 9.17) is 4.74 Å². The number of anilines is 1. The first-order valence-corrected chi connectivity index (χ1v) is 6.91. The molecule has 1 saturated carbocycles. The summed E-state index contributed by atoms with van der Waals surface area (Å²) in [6.45, 7) is 5.23. The number of nitrogens with one attached hydrogen (secondary N) is 2. The second-order valence-electron chi connectivity index (χ2n) is 5.29. The summed E-state index contributed by atoms with van der Waals surface area (Å²) < 4.78 is 5.66. The minimum absolute atomic E-state index is 0. The highest BCUT2D eigenvalue weighted by Crippen LogP contribution is 2.27. The fourth-order valence-electron chi connectivity index (χ4n) is 1.83. The van der Waals surface area contributed by atoms with Gasteiger partial charge in [0.25, 0.3) is 0 Å². The lowest BCUT2D eigenvalue weighted by Crippen LogP contribution is -2.29. The Morgan fingerprint density at radius 2 is 2.05 bits per heavy atom. The molecule has 112 valence electrons. The van der Waals surface area contributed by atoms with Crippen LogP contribution in [0.4, 0.5) is 5.69 Å². The molecule has 1 aromatic carbocycles. The van der Waals surface area contributed by atoms with Gasteiger partial charge in [-0.05, 0) is 51.3 Å². The minimum atomic E-state index is -0.0274. The van der Waals surface area contributed by atoms with Gasteiger partial charge in [0.1, 0.15) is 5.75 Å². The molecule has 1 aliphatic carbocycles. The van der Waals surface area contributed by atoms with Gasteiger partial charge in [0, 0.05) is 0 Å². The van der Waals surface area contributed by atoms with E-state index < -0.39 is 0 Å². The number of carbonyl (C=O) groups is 1. The highest BCUT2D eigenvalue weighted by Gasteiger charge is 2.20. The molecule has 0 unspecified atom stereocenters. The van der Waals surface area contributed by atoms with Crippen LogP contribution >= 0.6 is 12.4 Å². The van der Waals surface area contributed by atoms with Crippen LogP contribution in [0.2, 0.25) is 0 Å². The van der Waals surface area contributed by atoms with Crippen molar-refractivity contribution in [2.45, 2.75) is 32.8 Å². The molecular weight excluding hydrogens is 276 g/mol. The van der Waals surface area contributed by atoms with Crippen LogP contribution in [0.5, 0.6) is 5.75 Å². The van der Waals surface area contributed by atoms with Gasteiger partial charge in [0.15, 0.2) is 0 Å². The number of ether oxygens (including phenoxy) is 1. The largest absolute Gasteiger partial charge is 0.489 e.